The van der Waals surface area contributed by atoms with Crippen LogP contribution in [0, 0.1) is 0 Å². The van der Waals surface area contributed by atoms with Gasteiger partial charge in [-0.3, -0.25) is 0 Å². The van der Waals surface area contributed by atoms with Crippen LogP contribution >= 0.6 is 0 Å². The molecule has 0 saturated heterocycles. The van der Waals surface area contributed by atoms with Gasteiger partial charge in [0.1, 0.15) is 18.1 Å². The first-order valence-corrected chi connectivity index (χ1v) is 9.27. The van der Waals surface area contributed by atoms with Gasteiger partial charge in [-0.1, -0.05) is 30.3 Å². The van der Waals surface area contributed by atoms with Gasteiger partial charge in [-0.2, -0.15) is 0 Å². The molecule has 3 aromatic rings. The van der Waals surface area contributed by atoms with Crippen molar-refractivity contribution in [2.75, 3.05) is 26.1 Å². The highest BCUT2D eigenvalue weighted by atomic mass is 16.5. The summed E-state index contributed by atoms with van der Waals surface area (Å²) in [5.74, 6) is 1.58. The lowest BCUT2D eigenvalue weighted by atomic mass is 9.84. The SMILES string of the molecule is COc1ccc(C2(c3cccc(Nc4cccc(OC)c4)c3)COC(N)=N2)cc1. The van der Waals surface area contributed by atoms with Crippen molar-refractivity contribution in [3.63, 3.8) is 0 Å². The van der Waals surface area contributed by atoms with Gasteiger partial charge in [-0.05, 0) is 47.5 Å². The van der Waals surface area contributed by atoms with E-state index in [4.69, 9.17) is 19.9 Å². The van der Waals surface area contributed by atoms with Crippen LogP contribution in [0.1, 0.15) is 11.1 Å². The van der Waals surface area contributed by atoms with Crippen molar-refractivity contribution in [2.24, 2.45) is 10.7 Å². The van der Waals surface area contributed by atoms with E-state index in [1.807, 2.05) is 66.7 Å². The Labute approximate surface area is 169 Å². The van der Waals surface area contributed by atoms with Crippen molar-refractivity contribution < 1.29 is 14.2 Å². The van der Waals surface area contributed by atoms with Gasteiger partial charge in [-0.25, -0.2) is 4.99 Å². The number of hydrogen-bond donors (Lipinski definition) is 2. The molecular formula is C23H23N3O3. The van der Waals surface area contributed by atoms with E-state index in [0.717, 1.165) is 34.0 Å². The summed E-state index contributed by atoms with van der Waals surface area (Å²) >= 11 is 0. The molecule has 29 heavy (non-hydrogen) atoms. The molecule has 0 fully saturated rings. The number of ether oxygens (including phenoxy) is 3. The van der Waals surface area contributed by atoms with E-state index in [9.17, 15) is 0 Å². The first-order valence-electron chi connectivity index (χ1n) is 9.27. The minimum Gasteiger partial charge on any atom is -0.497 e. The average Bonchev–Trinajstić information content (AvgIpc) is 3.17. The topological polar surface area (TPSA) is 78.1 Å². The van der Waals surface area contributed by atoms with Gasteiger partial charge in [0.2, 0.25) is 0 Å². The number of nitrogens with one attached hydrogen (secondary N) is 1. The summed E-state index contributed by atoms with van der Waals surface area (Å²) in [7, 11) is 3.30. The predicted octanol–water partition coefficient (Wildman–Crippen LogP) is 4.04. The Morgan fingerprint density at radius 3 is 2.21 bits per heavy atom. The number of rotatable bonds is 6. The molecule has 1 atom stereocenters. The van der Waals surface area contributed by atoms with Gasteiger partial charge in [0, 0.05) is 17.4 Å². The highest BCUT2D eigenvalue weighted by Gasteiger charge is 2.40. The van der Waals surface area contributed by atoms with E-state index in [1.165, 1.54) is 0 Å². The third-order valence-electron chi connectivity index (χ3n) is 5.00. The van der Waals surface area contributed by atoms with Gasteiger partial charge < -0.3 is 25.3 Å². The number of benzene rings is 3. The van der Waals surface area contributed by atoms with Gasteiger partial charge in [0.15, 0.2) is 5.54 Å². The fourth-order valence-corrected chi connectivity index (χ4v) is 3.48. The fourth-order valence-electron chi connectivity index (χ4n) is 3.48. The standard InChI is InChI=1S/C23H23N3O3/c1-27-20-11-9-16(10-12-20)23(15-29-22(24)26-23)17-5-3-6-18(13-17)25-19-7-4-8-21(14-19)28-2/h3-14,25H,15H2,1-2H3,(H2,24,26). The third kappa shape index (κ3) is 3.69. The molecule has 148 valence electrons. The second kappa shape index (κ2) is 7.75. The summed E-state index contributed by atoms with van der Waals surface area (Å²) in [6.45, 7) is 0.341. The maximum atomic E-state index is 5.91. The van der Waals surface area contributed by atoms with E-state index in [1.54, 1.807) is 14.2 Å². The highest BCUT2D eigenvalue weighted by Crippen LogP contribution is 2.39. The molecule has 0 aliphatic carbocycles. The fraction of sp³-hybridized carbons (Fsp3) is 0.174. The Morgan fingerprint density at radius 1 is 0.862 bits per heavy atom. The number of amidine groups is 1. The molecule has 3 aromatic carbocycles. The van der Waals surface area contributed by atoms with Crippen LogP contribution in [0.15, 0.2) is 77.8 Å². The van der Waals surface area contributed by atoms with E-state index in [0.29, 0.717) is 6.61 Å². The lowest BCUT2D eigenvalue weighted by Gasteiger charge is -2.26. The molecule has 0 spiro atoms. The average molecular weight is 389 g/mol. The smallest absolute Gasteiger partial charge is 0.283 e. The summed E-state index contributed by atoms with van der Waals surface area (Å²) < 4.78 is 16.2. The monoisotopic (exact) mass is 389 g/mol. The molecule has 6 heteroatoms. The van der Waals surface area contributed by atoms with Crippen molar-refractivity contribution in [1.82, 2.24) is 0 Å². The van der Waals surface area contributed by atoms with Crippen molar-refractivity contribution in [3.05, 3.63) is 83.9 Å². The predicted molar refractivity (Wildman–Crippen MR) is 114 cm³/mol. The minimum atomic E-state index is -0.706. The Bertz CT molecular complexity index is 1030. The summed E-state index contributed by atoms with van der Waals surface area (Å²) in [4.78, 5) is 4.68. The number of anilines is 2. The van der Waals surface area contributed by atoms with Gasteiger partial charge in [0.05, 0.1) is 14.2 Å². The quantitative estimate of drug-likeness (QED) is 0.665. The van der Waals surface area contributed by atoms with Gasteiger partial charge in [0.25, 0.3) is 6.02 Å². The Morgan fingerprint density at radius 2 is 1.55 bits per heavy atom. The van der Waals surface area contributed by atoms with E-state index >= 15 is 0 Å². The maximum Gasteiger partial charge on any atom is 0.283 e. The molecule has 4 rings (SSSR count). The Hall–Kier alpha value is -3.67. The van der Waals surface area contributed by atoms with E-state index < -0.39 is 5.54 Å². The van der Waals surface area contributed by atoms with Crippen LogP contribution in [-0.2, 0) is 10.3 Å². The van der Waals surface area contributed by atoms with Gasteiger partial charge >= 0.3 is 0 Å². The molecule has 1 unspecified atom stereocenters. The van der Waals surface area contributed by atoms with E-state index in [-0.39, 0.29) is 6.02 Å². The zero-order valence-electron chi connectivity index (χ0n) is 16.4. The molecule has 6 nitrogen and oxygen atoms in total. The molecule has 0 saturated carbocycles. The number of aliphatic imine (C=N–C) groups is 1. The molecule has 0 aromatic heterocycles. The van der Waals surface area contributed by atoms with Crippen molar-refractivity contribution >= 4 is 17.4 Å². The normalized spacial score (nSPS) is 17.9. The highest BCUT2D eigenvalue weighted by molar-refractivity contribution is 5.75. The van der Waals surface area contributed by atoms with Crippen LogP contribution in [0.4, 0.5) is 11.4 Å². The van der Waals surface area contributed by atoms with Crippen molar-refractivity contribution in [2.45, 2.75) is 5.54 Å². The van der Waals surface area contributed by atoms with Crippen LogP contribution < -0.4 is 20.5 Å². The molecule has 0 radical (unpaired) electrons. The van der Waals surface area contributed by atoms with Crippen LogP contribution in [0.3, 0.4) is 0 Å². The second-order valence-corrected chi connectivity index (χ2v) is 6.77. The van der Waals surface area contributed by atoms with Crippen LogP contribution in [-0.4, -0.2) is 26.8 Å². The molecule has 0 bridgehead atoms. The maximum absolute atomic E-state index is 5.91. The molecular weight excluding hydrogens is 366 g/mol. The molecule has 3 N–H and O–H groups in total. The number of nitrogens with zero attached hydrogens (tertiary/aromatic N) is 1. The van der Waals surface area contributed by atoms with Crippen molar-refractivity contribution in [3.8, 4) is 11.5 Å². The summed E-state index contributed by atoms with van der Waals surface area (Å²) in [6, 6.07) is 23.9. The number of methoxy groups -OCH3 is 2. The van der Waals surface area contributed by atoms with Crippen LogP contribution in [0.2, 0.25) is 0 Å². The van der Waals surface area contributed by atoms with Crippen LogP contribution in [0.25, 0.3) is 0 Å². The Kier molecular flexibility index (Phi) is 4.99. The summed E-state index contributed by atoms with van der Waals surface area (Å²) in [5.41, 5.74) is 9.04. The van der Waals surface area contributed by atoms with Gasteiger partial charge in [-0.15, -0.1) is 0 Å². The van der Waals surface area contributed by atoms with Crippen molar-refractivity contribution in [1.29, 1.82) is 0 Å². The summed E-state index contributed by atoms with van der Waals surface area (Å²) in [5, 5.41) is 3.42. The molecule has 0 amide bonds. The summed E-state index contributed by atoms with van der Waals surface area (Å²) in [6.07, 6.45) is 0. The molecule has 1 aliphatic heterocycles. The minimum absolute atomic E-state index is 0.187. The second-order valence-electron chi connectivity index (χ2n) is 6.77. The Balaban J connectivity index is 1.71. The first-order chi connectivity index (χ1) is 14.1. The zero-order chi connectivity index (χ0) is 20.3. The number of hydrogen-bond acceptors (Lipinski definition) is 6. The number of nitrogens with two attached hydrogens (primary N) is 1. The lowest BCUT2D eigenvalue weighted by Crippen LogP contribution is -2.27. The first kappa shape index (κ1) is 18.7. The van der Waals surface area contributed by atoms with E-state index in [2.05, 4.69) is 16.4 Å². The molecule has 1 aliphatic rings. The largest absolute Gasteiger partial charge is 0.497 e. The van der Waals surface area contributed by atoms with Crippen LogP contribution in [0.5, 0.6) is 11.5 Å². The lowest BCUT2D eigenvalue weighted by molar-refractivity contribution is 0.278. The third-order valence-corrected chi connectivity index (χ3v) is 5.00. The zero-order valence-corrected chi connectivity index (χ0v) is 16.4. The molecule has 1 heterocycles.